The number of likely N-dealkylation sites (tertiary alicyclic amines) is 1. The Hall–Kier alpha value is -2.64. The number of fused-ring (bicyclic) bond motifs is 2. The average molecular weight is 301 g/mol. The van der Waals surface area contributed by atoms with Crippen LogP contribution in [-0.2, 0) is 5.41 Å². The van der Waals surface area contributed by atoms with Crippen LogP contribution in [0.5, 0.6) is 5.88 Å². The summed E-state index contributed by atoms with van der Waals surface area (Å²) in [6, 6.07) is 1.50. The molecule has 1 fully saturated rings. The first-order chi connectivity index (χ1) is 10.6. The maximum absolute atomic E-state index is 12.4. The van der Waals surface area contributed by atoms with Crippen LogP contribution in [0.4, 0.5) is 5.82 Å². The van der Waals surface area contributed by atoms with E-state index in [1.807, 2.05) is 7.05 Å². The third kappa shape index (κ3) is 1.69. The molecule has 114 valence electrons. The van der Waals surface area contributed by atoms with Crippen LogP contribution in [0.1, 0.15) is 16.2 Å². The molecule has 0 aliphatic carbocycles. The standard InChI is InChI=1S/C14H15N5O3/c1-18-6-14(11-12(18)16-4-3-15-11)7-19(8-14)13(20)9-5-10(21-2)17-22-9/h3-5H,6-8H2,1-2H3. The summed E-state index contributed by atoms with van der Waals surface area (Å²) in [6.07, 6.45) is 3.39. The van der Waals surface area contributed by atoms with Gasteiger partial charge in [-0.05, 0) is 5.16 Å². The summed E-state index contributed by atoms with van der Waals surface area (Å²) in [5.41, 5.74) is 0.842. The summed E-state index contributed by atoms with van der Waals surface area (Å²) in [4.78, 5) is 25.0. The Morgan fingerprint density at radius 2 is 2.09 bits per heavy atom. The number of ether oxygens (including phenoxy) is 1. The topological polar surface area (TPSA) is 84.6 Å². The summed E-state index contributed by atoms with van der Waals surface area (Å²) < 4.78 is 9.94. The fraction of sp³-hybridized carbons (Fsp3) is 0.429. The van der Waals surface area contributed by atoms with E-state index in [0.717, 1.165) is 18.1 Å². The van der Waals surface area contributed by atoms with Gasteiger partial charge in [-0.3, -0.25) is 9.78 Å². The van der Waals surface area contributed by atoms with Crippen molar-refractivity contribution >= 4 is 11.7 Å². The van der Waals surface area contributed by atoms with Gasteiger partial charge in [-0.15, -0.1) is 0 Å². The normalized spacial score (nSPS) is 18.3. The Labute approximate surface area is 126 Å². The van der Waals surface area contributed by atoms with Crippen molar-refractivity contribution in [3.8, 4) is 5.88 Å². The molecule has 0 radical (unpaired) electrons. The molecule has 22 heavy (non-hydrogen) atoms. The van der Waals surface area contributed by atoms with Crippen LogP contribution in [0.15, 0.2) is 23.0 Å². The monoisotopic (exact) mass is 301 g/mol. The zero-order valence-electron chi connectivity index (χ0n) is 12.3. The lowest BCUT2D eigenvalue weighted by Gasteiger charge is -2.46. The summed E-state index contributed by atoms with van der Waals surface area (Å²) in [7, 11) is 3.47. The van der Waals surface area contributed by atoms with E-state index >= 15 is 0 Å². The lowest BCUT2D eigenvalue weighted by molar-refractivity contribution is 0.0379. The van der Waals surface area contributed by atoms with E-state index in [0.29, 0.717) is 19.0 Å². The number of hydrogen-bond donors (Lipinski definition) is 0. The number of amides is 1. The number of aromatic nitrogens is 3. The van der Waals surface area contributed by atoms with Gasteiger partial charge >= 0.3 is 0 Å². The molecule has 0 saturated carbocycles. The number of carbonyl (C=O) groups is 1. The summed E-state index contributed by atoms with van der Waals surface area (Å²) in [6.45, 7) is 2.02. The first-order valence-electron chi connectivity index (χ1n) is 6.95. The average Bonchev–Trinajstić information content (AvgIpc) is 3.09. The zero-order valence-corrected chi connectivity index (χ0v) is 12.3. The first-order valence-corrected chi connectivity index (χ1v) is 6.95. The number of hydrogen-bond acceptors (Lipinski definition) is 7. The van der Waals surface area contributed by atoms with Gasteiger partial charge < -0.3 is 19.1 Å². The maximum Gasteiger partial charge on any atom is 0.292 e. The predicted molar refractivity (Wildman–Crippen MR) is 75.9 cm³/mol. The van der Waals surface area contributed by atoms with Crippen LogP contribution in [-0.4, -0.2) is 59.7 Å². The molecule has 0 aromatic carbocycles. The molecule has 1 amide bonds. The van der Waals surface area contributed by atoms with Crippen molar-refractivity contribution in [3.63, 3.8) is 0 Å². The van der Waals surface area contributed by atoms with Gasteiger partial charge in [0.25, 0.3) is 11.8 Å². The fourth-order valence-corrected chi connectivity index (χ4v) is 3.28. The number of anilines is 1. The summed E-state index contributed by atoms with van der Waals surface area (Å²) >= 11 is 0. The molecule has 1 saturated heterocycles. The zero-order chi connectivity index (χ0) is 15.3. The van der Waals surface area contributed by atoms with Crippen molar-refractivity contribution in [2.45, 2.75) is 5.41 Å². The van der Waals surface area contributed by atoms with Crippen molar-refractivity contribution in [3.05, 3.63) is 29.9 Å². The maximum atomic E-state index is 12.4. The number of methoxy groups -OCH3 is 1. The van der Waals surface area contributed by atoms with Gasteiger partial charge in [-0.2, -0.15) is 0 Å². The van der Waals surface area contributed by atoms with E-state index in [2.05, 4.69) is 20.0 Å². The van der Waals surface area contributed by atoms with Crippen molar-refractivity contribution in [2.75, 3.05) is 38.7 Å². The largest absolute Gasteiger partial charge is 0.479 e. The van der Waals surface area contributed by atoms with Gasteiger partial charge in [0.1, 0.15) is 0 Å². The van der Waals surface area contributed by atoms with Crippen LogP contribution in [0, 0.1) is 0 Å². The molecule has 4 rings (SSSR count). The van der Waals surface area contributed by atoms with Gasteiger partial charge in [0, 0.05) is 39.1 Å². The van der Waals surface area contributed by atoms with Gasteiger partial charge in [0.15, 0.2) is 5.82 Å². The van der Waals surface area contributed by atoms with Gasteiger partial charge in [0.2, 0.25) is 5.76 Å². The number of carbonyl (C=O) groups excluding carboxylic acids is 1. The number of rotatable bonds is 2. The molecule has 0 N–H and O–H groups in total. The van der Waals surface area contributed by atoms with E-state index in [9.17, 15) is 4.79 Å². The van der Waals surface area contributed by atoms with E-state index in [4.69, 9.17) is 9.26 Å². The Morgan fingerprint density at radius 1 is 1.32 bits per heavy atom. The van der Waals surface area contributed by atoms with Crippen molar-refractivity contribution < 1.29 is 14.1 Å². The molecule has 0 atom stereocenters. The highest BCUT2D eigenvalue weighted by molar-refractivity contribution is 5.92. The summed E-state index contributed by atoms with van der Waals surface area (Å²) in [5, 5.41) is 3.66. The highest BCUT2D eigenvalue weighted by Gasteiger charge is 2.54. The summed E-state index contributed by atoms with van der Waals surface area (Å²) in [5.74, 6) is 1.21. The second-order valence-electron chi connectivity index (χ2n) is 5.76. The second kappa shape index (κ2) is 4.43. The minimum atomic E-state index is -0.179. The van der Waals surface area contributed by atoms with E-state index in [1.165, 1.54) is 13.2 Å². The third-order valence-corrected chi connectivity index (χ3v) is 4.27. The fourth-order valence-electron chi connectivity index (χ4n) is 3.28. The molecular weight excluding hydrogens is 286 g/mol. The predicted octanol–water partition coefficient (Wildman–Crippen LogP) is 0.317. The van der Waals surface area contributed by atoms with Gasteiger partial charge in [-0.25, -0.2) is 4.98 Å². The lowest BCUT2D eigenvalue weighted by Crippen LogP contribution is -2.63. The SMILES string of the molecule is COc1cc(C(=O)N2CC3(C2)CN(C)c2nccnc23)on1. The van der Waals surface area contributed by atoms with Crippen molar-refractivity contribution in [2.24, 2.45) is 0 Å². The molecule has 1 spiro atoms. The highest BCUT2D eigenvalue weighted by atomic mass is 16.5. The smallest absolute Gasteiger partial charge is 0.292 e. The highest BCUT2D eigenvalue weighted by Crippen LogP contribution is 2.43. The molecule has 2 aliphatic rings. The number of likely N-dealkylation sites (N-methyl/N-ethyl adjacent to an activating group) is 1. The molecule has 8 nitrogen and oxygen atoms in total. The Balaban J connectivity index is 1.54. The van der Waals surface area contributed by atoms with E-state index in [1.54, 1.807) is 17.3 Å². The molecule has 2 aliphatic heterocycles. The second-order valence-corrected chi connectivity index (χ2v) is 5.76. The first kappa shape index (κ1) is 13.1. The minimum Gasteiger partial charge on any atom is -0.479 e. The molecule has 2 aromatic heterocycles. The Bertz CT molecular complexity index is 738. The molecule has 8 heteroatoms. The molecular formula is C14H15N5O3. The Kier molecular flexibility index (Phi) is 2.63. The van der Waals surface area contributed by atoms with Crippen LogP contribution >= 0.6 is 0 Å². The number of nitrogens with zero attached hydrogens (tertiary/aromatic N) is 5. The molecule has 0 bridgehead atoms. The van der Waals surface area contributed by atoms with Crippen LogP contribution < -0.4 is 9.64 Å². The Morgan fingerprint density at radius 3 is 2.82 bits per heavy atom. The van der Waals surface area contributed by atoms with Crippen LogP contribution in [0.25, 0.3) is 0 Å². The van der Waals surface area contributed by atoms with E-state index in [-0.39, 0.29) is 17.1 Å². The minimum absolute atomic E-state index is 0.127. The molecule has 0 unspecified atom stereocenters. The van der Waals surface area contributed by atoms with Crippen LogP contribution in [0.2, 0.25) is 0 Å². The lowest BCUT2D eigenvalue weighted by atomic mass is 9.78. The third-order valence-electron chi connectivity index (χ3n) is 4.27. The van der Waals surface area contributed by atoms with Crippen molar-refractivity contribution in [1.82, 2.24) is 20.0 Å². The van der Waals surface area contributed by atoms with Gasteiger partial charge in [0.05, 0.1) is 24.3 Å². The molecule has 2 aromatic rings. The van der Waals surface area contributed by atoms with E-state index < -0.39 is 0 Å². The van der Waals surface area contributed by atoms with Crippen LogP contribution in [0.3, 0.4) is 0 Å². The molecule has 4 heterocycles. The van der Waals surface area contributed by atoms with Gasteiger partial charge in [-0.1, -0.05) is 0 Å². The quantitative estimate of drug-likeness (QED) is 0.789. The van der Waals surface area contributed by atoms with Crippen molar-refractivity contribution in [1.29, 1.82) is 0 Å².